The van der Waals surface area contributed by atoms with Gasteiger partial charge in [0.05, 0.1) is 15.2 Å². The normalized spacial score (nSPS) is 11.7. The Morgan fingerprint density at radius 1 is 1.13 bits per heavy atom. The lowest BCUT2D eigenvalue weighted by Crippen LogP contribution is -2.27. The first kappa shape index (κ1) is 22.1. The largest absolute Gasteiger partial charge is 0.489 e. The number of carbonyl (C=O) groups is 1. The molecule has 0 spiro atoms. The molecule has 5 nitrogen and oxygen atoms in total. The van der Waals surface area contributed by atoms with Crippen molar-refractivity contribution in [3.63, 3.8) is 0 Å². The molecular formula is C22H18Cl3N3O2S. The van der Waals surface area contributed by atoms with Crippen LogP contribution in [0.5, 0.6) is 5.75 Å². The number of benzene rings is 2. The third-order valence-corrected chi connectivity index (χ3v) is 6.21. The fraction of sp³-hybridized carbons (Fsp3) is 0.227. The van der Waals surface area contributed by atoms with Gasteiger partial charge in [-0.15, -0.1) is 11.3 Å². The van der Waals surface area contributed by atoms with E-state index in [1.807, 2.05) is 48.5 Å². The first-order valence-corrected chi connectivity index (χ1v) is 11.6. The van der Waals surface area contributed by atoms with Gasteiger partial charge in [-0.05, 0) is 30.5 Å². The molecule has 1 amide bonds. The number of anilines is 1. The highest BCUT2D eigenvalue weighted by molar-refractivity contribution is 7.19. The van der Waals surface area contributed by atoms with Crippen molar-refractivity contribution in [3.8, 4) is 5.75 Å². The molecule has 4 rings (SSSR count). The zero-order valence-corrected chi connectivity index (χ0v) is 19.6. The third kappa shape index (κ3) is 5.04. The van der Waals surface area contributed by atoms with Crippen molar-refractivity contribution in [3.05, 3.63) is 59.1 Å². The number of aromatic nitrogens is 2. The van der Waals surface area contributed by atoms with Crippen LogP contribution in [0.15, 0.2) is 48.5 Å². The fourth-order valence-corrected chi connectivity index (χ4v) is 4.44. The van der Waals surface area contributed by atoms with Gasteiger partial charge in [-0.1, -0.05) is 72.1 Å². The molecule has 0 fully saturated rings. The number of pyridine rings is 1. The van der Waals surface area contributed by atoms with Crippen LogP contribution in [-0.2, 0) is 17.8 Å². The Morgan fingerprint density at radius 3 is 2.61 bits per heavy atom. The van der Waals surface area contributed by atoms with E-state index in [2.05, 4.69) is 22.2 Å². The molecule has 0 atom stereocenters. The number of thiazole rings is 1. The summed E-state index contributed by atoms with van der Waals surface area (Å²) in [5.41, 5.74) is 2.30. The number of halogens is 3. The Bertz CT molecular complexity index is 1240. The van der Waals surface area contributed by atoms with Gasteiger partial charge in [-0.2, -0.15) is 0 Å². The number of hydrogen-bond donors (Lipinski definition) is 1. The molecule has 2 heterocycles. The summed E-state index contributed by atoms with van der Waals surface area (Å²) in [6, 6.07) is 15.6. The van der Waals surface area contributed by atoms with E-state index in [9.17, 15) is 4.79 Å². The summed E-state index contributed by atoms with van der Waals surface area (Å²) in [5.74, 6) is 0.143. The van der Waals surface area contributed by atoms with Gasteiger partial charge in [0.1, 0.15) is 17.9 Å². The summed E-state index contributed by atoms with van der Waals surface area (Å²) < 4.78 is 4.74. The van der Waals surface area contributed by atoms with Gasteiger partial charge in [-0.3, -0.25) is 4.79 Å². The van der Waals surface area contributed by atoms with Crippen LogP contribution >= 0.6 is 46.1 Å². The molecule has 1 N–H and O–H groups in total. The van der Waals surface area contributed by atoms with Gasteiger partial charge < -0.3 is 10.1 Å². The number of alkyl halides is 3. The Balaban J connectivity index is 1.75. The molecule has 2 aromatic heterocycles. The predicted molar refractivity (Wildman–Crippen MR) is 129 cm³/mol. The topological polar surface area (TPSA) is 64.1 Å². The van der Waals surface area contributed by atoms with Crippen LogP contribution in [0.1, 0.15) is 23.9 Å². The minimum Gasteiger partial charge on any atom is -0.489 e. The molecule has 0 saturated carbocycles. The molecule has 0 bridgehead atoms. The zero-order valence-electron chi connectivity index (χ0n) is 16.5. The van der Waals surface area contributed by atoms with Gasteiger partial charge in [-0.25, -0.2) is 9.97 Å². The number of nitrogens with zero attached hydrogens (tertiary/aromatic N) is 2. The SMILES string of the molecule is CCCc1nc2c(NC(=O)C(Cl)(Cl)Cl)nc3cc(OCc4ccccc4)ccc3c2s1. The molecule has 0 radical (unpaired) electrons. The smallest absolute Gasteiger partial charge is 0.277 e. The summed E-state index contributed by atoms with van der Waals surface area (Å²) in [6.45, 7) is 2.52. The van der Waals surface area contributed by atoms with E-state index < -0.39 is 9.70 Å². The lowest BCUT2D eigenvalue weighted by Gasteiger charge is -2.12. The molecule has 0 aliphatic heterocycles. The lowest BCUT2D eigenvalue weighted by atomic mass is 10.2. The molecule has 9 heteroatoms. The summed E-state index contributed by atoms with van der Waals surface area (Å²) in [5, 5.41) is 4.49. The molecular weight excluding hydrogens is 477 g/mol. The molecule has 0 saturated heterocycles. The number of aryl methyl sites for hydroxylation is 1. The van der Waals surface area contributed by atoms with Crippen LogP contribution in [0.25, 0.3) is 21.1 Å². The molecule has 0 unspecified atom stereocenters. The fourth-order valence-electron chi connectivity index (χ4n) is 3.09. The number of nitrogens with one attached hydrogen (secondary N) is 1. The van der Waals surface area contributed by atoms with Crippen molar-refractivity contribution in [2.45, 2.75) is 30.2 Å². The molecule has 0 aliphatic rings. The summed E-state index contributed by atoms with van der Waals surface area (Å²) in [6.07, 6.45) is 1.79. The highest BCUT2D eigenvalue weighted by Crippen LogP contribution is 2.36. The van der Waals surface area contributed by atoms with Crippen LogP contribution in [-0.4, -0.2) is 19.7 Å². The number of ether oxygens (including phenoxy) is 1. The van der Waals surface area contributed by atoms with Crippen LogP contribution in [0.3, 0.4) is 0 Å². The number of carbonyl (C=O) groups excluding carboxylic acids is 1. The van der Waals surface area contributed by atoms with Crippen LogP contribution < -0.4 is 10.1 Å². The highest BCUT2D eigenvalue weighted by atomic mass is 35.6. The Labute approximate surface area is 198 Å². The molecule has 2 aromatic carbocycles. The monoisotopic (exact) mass is 493 g/mol. The van der Waals surface area contributed by atoms with Crippen molar-refractivity contribution in [2.24, 2.45) is 0 Å². The van der Waals surface area contributed by atoms with Gasteiger partial charge in [0.2, 0.25) is 0 Å². The summed E-state index contributed by atoms with van der Waals surface area (Å²) in [7, 11) is 0. The average molecular weight is 495 g/mol. The standard InChI is InChI=1S/C22H18Cl3N3O2S/c1-2-6-17-27-18-19(31-17)15-10-9-14(30-12-13-7-4-3-5-8-13)11-16(15)26-20(18)28-21(29)22(23,24)25/h3-5,7-11H,2,6,12H2,1H3,(H,26,28,29). The quantitative estimate of drug-likeness (QED) is 0.303. The zero-order chi connectivity index (χ0) is 22.0. The van der Waals surface area contributed by atoms with Gasteiger partial charge in [0.25, 0.3) is 9.70 Å². The first-order chi connectivity index (χ1) is 14.8. The minimum absolute atomic E-state index is 0.262. The number of rotatable bonds is 6. The van der Waals surface area contributed by atoms with E-state index in [1.165, 1.54) is 0 Å². The molecule has 0 aliphatic carbocycles. The van der Waals surface area contributed by atoms with Crippen LogP contribution in [0.4, 0.5) is 5.82 Å². The van der Waals surface area contributed by atoms with E-state index in [0.717, 1.165) is 33.5 Å². The van der Waals surface area contributed by atoms with E-state index >= 15 is 0 Å². The summed E-state index contributed by atoms with van der Waals surface area (Å²) in [4.78, 5) is 21.5. The second-order valence-corrected chi connectivity index (χ2v) is 10.3. The Hall–Kier alpha value is -2.12. The van der Waals surface area contributed by atoms with Gasteiger partial charge in [0.15, 0.2) is 5.82 Å². The summed E-state index contributed by atoms with van der Waals surface area (Å²) >= 11 is 18.8. The van der Waals surface area contributed by atoms with E-state index in [4.69, 9.17) is 39.5 Å². The maximum atomic E-state index is 12.3. The second-order valence-electron chi connectivity index (χ2n) is 6.90. The maximum Gasteiger partial charge on any atom is 0.277 e. The Morgan fingerprint density at radius 2 is 1.90 bits per heavy atom. The molecule has 31 heavy (non-hydrogen) atoms. The second kappa shape index (κ2) is 9.17. The lowest BCUT2D eigenvalue weighted by molar-refractivity contribution is -0.115. The number of fused-ring (bicyclic) bond motifs is 3. The number of amides is 1. The minimum atomic E-state index is -2.11. The van der Waals surface area contributed by atoms with E-state index in [0.29, 0.717) is 23.4 Å². The molecule has 4 aromatic rings. The van der Waals surface area contributed by atoms with Crippen molar-refractivity contribution < 1.29 is 9.53 Å². The van der Waals surface area contributed by atoms with Crippen molar-refractivity contribution in [1.29, 1.82) is 0 Å². The third-order valence-electron chi connectivity index (χ3n) is 4.54. The molecule has 160 valence electrons. The van der Waals surface area contributed by atoms with Crippen LogP contribution in [0.2, 0.25) is 0 Å². The first-order valence-electron chi connectivity index (χ1n) is 9.63. The predicted octanol–water partition coefficient (Wildman–Crippen LogP) is 6.68. The van der Waals surface area contributed by atoms with Gasteiger partial charge in [0, 0.05) is 11.5 Å². The Kier molecular flexibility index (Phi) is 6.53. The highest BCUT2D eigenvalue weighted by Gasteiger charge is 2.32. The van der Waals surface area contributed by atoms with Crippen molar-refractivity contribution >= 4 is 79.0 Å². The average Bonchev–Trinajstić information content (AvgIpc) is 3.17. The maximum absolute atomic E-state index is 12.3. The number of hydrogen-bond acceptors (Lipinski definition) is 5. The van der Waals surface area contributed by atoms with Crippen molar-refractivity contribution in [2.75, 3.05) is 5.32 Å². The van der Waals surface area contributed by atoms with Crippen LogP contribution in [0, 0.1) is 0 Å². The van der Waals surface area contributed by atoms with Crippen molar-refractivity contribution in [1.82, 2.24) is 9.97 Å². The van der Waals surface area contributed by atoms with E-state index in [-0.39, 0.29) is 5.82 Å². The van der Waals surface area contributed by atoms with Gasteiger partial charge >= 0.3 is 0 Å². The van der Waals surface area contributed by atoms with E-state index in [1.54, 1.807) is 11.3 Å².